The van der Waals surface area contributed by atoms with Crippen molar-refractivity contribution in [3.8, 4) is 5.75 Å². The SMILES string of the molecule is COc1cccc(C[C@@H](N)CO)c1. The first-order valence-electron chi connectivity index (χ1n) is 4.25. The molecular formula is C10H15NO2. The number of aliphatic hydroxyl groups is 1. The van der Waals surface area contributed by atoms with E-state index in [1.807, 2.05) is 24.3 Å². The summed E-state index contributed by atoms with van der Waals surface area (Å²) in [5, 5.41) is 8.77. The van der Waals surface area contributed by atoms with Gasteiger partial charge in [-0.2, -0.15) is 0 Å². The van der Waals surface area contributed by atoms with Crippen molar-refractivity contribution in [3.63, 3.8) is 0 Å². The predicted molar refractivity (Wildman–Crippen MR) is 51.8 cm³/mol. The van der Waals surface area contributed by atoms with E-state index in [0.29, 0.717) is 6.42 Å². The number of rotatable bonds is 4. The molecule has 0 aliphatic carbocycles. The Morgan fingerprint density at radius 1 is 1.54 bits per heavy atom. The van der Waals surface area contributed by atoms with Crippen LogP contribution in [0.3, 0.4) is 0 Å². The lowest BCUT2D eigenvalue weighted by atomic mass is 10.1. The number of nitrogens with two attached hydrogens (primary N) is 1. The molecule has 0 spiro atoms. The van der Waals surface area contributed by atoms with Crippen LogP contribution in [0.2, 0.25) is 0 Å². The van der Waals surface area contributed by atoms with Crippen LogP contribution in [0, 0.1) is 0 Å². The third-order valence-corrected chi connectivity index (χ3v) is 1.87. The molecule has 0 saturated carbocycles. The van der Waals surface area contributed by atoms with Gasteiger partial charge in [0.05, 0.1) is 13.7 Å². The van der Waals surface area contributed by atoms with Gasteiger partial charge in [0.15, 0.2) is 0 Å². The summed E-state index contributed by atoms with van der Waals surface area (Å²) < 4.78 is 5.07. The van der Waals surface area contributed by atoms with Crippen molar-refractivity contribution in [2.45, 2.75) is 12.5 Å². The molecule has 3 N–H and O–H groups in total. The lowest BCUT2D eigenvalue weighted by Gasteiger charge is -2.08. The topological polar surface area (TPSA) is 55.5 Å². The fourth-order valence-corrected chi connectivity index (χ4v) is 1.17. The molecule has 0 bridgehead atoms. The van der Waals surface area contributed by atoms with Gasteiger partial charge in [-0.25, -0.2) is 0 Å². The summed E-state index contributed by atoms with van der Waals surface area (Å²) in [6, 6.07) is 7.51. The molecule has 0 unspecified atom stereocenters. The van der Waals surface area contributed by atoms with Crippen molar-refractivity contribution in [2.24, 2.45) is 5.73 Å². The first kappa shape index (κ1) is 10.0. The first-order chi connectivity index (χ1) is 6.26. The summed E-state index contributed by atoms with van der Waals surface area (Å²) in [5.74, 6) is 0.822. The molecule has 1 rings (SSSR count). The van der Waals surface area contributed by atoms with E-state index in [2.05, 4.69) is 0 Å². The smallest absolute Gasteiger partial charge is 0.119 e. The highest BCUT2D eigenvalue weighted by Crippen LogP contribution is 2.13. The maximum Gasteiger partial charge on any atom is 0.119 e. The van der Waals surface area contributed by atoms with Crippen LogP contribution in [0.5, 0.6) is 5.75 Å². The zero-order valence-electron chi connectivity index (χ0n) is 7.73. The Morgan fingerprint density at radius 3 is 2.92 bits per heavy atom. The standard InChI is InChI=1S/C10H15NO2/c1-13-10-4-2-3-8(6-10)5-9(11)7-12/h2-4,6,9,12H,5,7,11H2,1H3/t9-/m1/s1. The molecule has 13 heavy (non-hydrogen) atoms. The van der Waals surface area contributed by atoms with Crippen molar-refractivity contribution in [2.75, 3.05) is 13.7 Å². The van der Waals surface area contributed by atoms with E-state index in [4.69, 9.17) is 15.6 Å². The molecule has 0 radical (unpaired) electrons. The second-order valence-corrected chi connectivity index (χ2v) is 3.00. The molecule has 1 aromatic carbocycles. The molecule has 0 aromatic heterocycles. The molecule has 3 nitrogen and oxygen atoms in total. The van der Waals surface area contributed by atoms with Gasteiger partial charge in [-0.05, 0) is 24.1 Å². The maximum absolute atomic E-state index is 8.77. The molecule has 0 amide bonds. The number of hydrogen-bond donors (Lipinski definition) is 2. The molecule has 1 aromatic rings. The maximum atomic E-state index is 8.77. The number of methoxy groups -OCH3 is 1. The van der Waals surface area contributed by atoms with Crippen molar-refractivity contribution >= 4 is 0 Å². The second kappa shape index (κ2) is 4.84. The lowest BCUT2D eigenvalue weighted by Crippen LogP contribution is -2.26. The van der Waals surface area contributed by atoms with Gasteiger partial charge in [-0.3, -0.25) is 0 Å². The molecule has 3 heteroatoms. The van der Waals surface area contributed by atoms with Gasteiger partial charge in [0.2, 0.25) is 0 Å². The minimum Gasteiger partial charge on any atom is -0.497 e. The number of benzene rings is 1. The van der Waals surface area contributed by atoms with Crippen molar-refractivity contribution in [3.05, 3.63) is 29.8 Å². The van der Waals surface area contributed by atoms with E-state index >= 15 is 0 Å². The average molecular weight is 181 g/mol. The van der Waals surface area contributed by atoms with E-state index in [-0.39, 0.29) is 12.6 Å². The van der Waals surface area contributed by atoms with Gasteiger partial charge >= 0.3 is 0 Å². The normalized spacial score (nSPS) is 12.5. The summed E-state index contributed by atoms with van der Waals surface area (Å²) in [5.41, 5.74) is 6.69. The molecule has 0 aliphatic rings. The monoisotopic (exact) mass is 181 g/mol. The van der Waals surface area contributed by atoms with E-state index in [9.17, 15) is 0 Å². The fraction of sp³-hybridized carbons (Fsp3) is 0.400. The first-order valence-corrected chi connectivity index (χ1v) is 4.25. The largest absolute Gasteiger partial charge is 0.497 e. The van der Waals surface area contributed by atoms with Gasteiger partial charge in [0, 0.05) is 6.04 Å². The van der Waals surface area contributed by atoms with E-state index < -0.39 is 0 Å². The van der Waals surface area contributed by atoms with Gasteiger partial charge in [0.1, 0.15) is 5.75 Å². The Bertz CT molecular complexity index is 263. The minimum atomic E-state index is -0.188. The summed E-state index contributed by atoms with van der Waals surface area (Å²) in [6.45, 7) is 0.0111. The quantitative estimate of drug-likeness (QED) is 0.713. The highest BCUT2D eigenvalue weighted by Gasteiger charge is 2.02. The van der Waals surface area contributed by atoms with E-state index in [1.165, 1.54) is 0 Å². The molecule has 0 fully saturated rings. The molecule has 0 saturated heterocycles. The van der Waals surface area contributed by atoms with Crippen molar-refractivity contribution < 1.29 is 9.84 Å². The highest BCUT2D eigenvalue weighted by atomic mass is 16.5. The van der Waals surface area contributed by atoms with Crippen LogP contribution in [-0.4, -0.2) is 24.9 Å². The zero-order chi connectivity index (χ0) is 9.68. The summed E-state index contributed by atoms with van der Waals surface area (Å²) in [7, 11) is 1.63. The average Bonchev–Trinajstić information content (AvgIpc) is 2.18. The summed E-state index contributed by atoms with van der Waals surface area (Å²) in [4.78, 5) is 0. The van der Waals surface area contributed by atoms with Crippen LogP contribution in [0.4, 0.5) is 0 Å². The van der Waals surface area contributed by atoms with Gasteiger partial charge < -0.3 is 15.6 Å². The molecule has 0 aliphatic heterocycles. The Kier molecular flexibility index (Phi) is 3.73. The zero-order valence-corrected chi connectivity index (χ0v) is 7.73. The third-order valence-electron chi connectivity index (χ3n) is 1.87. The van der Waals surface area contributed by atoms with E-state index in [0.717, 1.165) is 11.3 Å². The Hall–Kier alpha value is -1.06. The van der Waals surface area contributed by atoms with Crippen molar-refractivity contribution in [1.29, 1.82) is 0 Å². The molecule has 1 atom stereocenters. The lowest BCUT2D eigenvalue weighted by molar-refractivity contribution is 0.265. The summed E-state index contributed by atoms with van der Waals surface area (Å²) >= 11 is 0. The van der Waals surface area contributed by atoms with Crippen molar-refractivity contribution in [1.82, 2.24) is 0 Å². The number of hydrogen-bond acceptors (Lipinski definition) is 3. The van der Waals surface area contributed by atoms with Crippen LogP contribution in [0.15, 0.2) is 24.3 Å². The van der Waals surface area contributed by atoms with Gasteiger partial charge in [-0.15, -0.1) is 0 Å². The summed E-state index contributed by atoms with van der Waals surface area (Å²) in [6.07, 6.45) is 0.674. The Morgan fingerprint density at radius 2 is 2.31 bits per heavy atom. The van der Waals surface area contributed by atoms with Crippen LogP contribution >= 0.6 is 0 Å². The third kappa shape index (κ3) is 3.05. The molecule has 72 valence electrons. The van der Waals surface area contributed by atoms with Gasteiger partial charge in [0.25, 0.3) is 0 Å². The minimum absolute atomic E-state index is 0.0111. The highest BCUT2D eigenvalue weighted by molar-refractivity contribution is 5.28. The second-order valence-electron chi connectivity index (χ2n) is 3.00. The predicted octanol–water partition coefficient (Wildman–Crippen LogP) is 0.557. The fourth-order valence-electron chi connectivity index (χ4n) is 1.17. The Balaban J connectivity index is 2.66. The number of aliphatic hydroxyl groups excluding tert-OH is 1. The molecule has 0 heterocycles. The van der Waals surface area contributed by atoms with E-state index in [1.54, 1.807) is 7.11 Å². The van der Waals surface area contributed by atoms with Crippen LogP contribution < -0.4 is 10.5 Å². The Labute approximate surface area is 78.1 Å². The van der Waals surface area contributed by atoms with Crippen LogP contribution in [0.1, 0.15) is 5.56 Å². The molecular weight excluding hydrogens is 166 g/mol. The van der Waals surface area contributed by atoms with Crippen LogP contribution in [-0.2, 0) is 6.42 Å². The number of ether oxygens (including phenoxy) is 1. The van der Waals surface area contributed by atoms with Crippen LogP contribution in [0.25, 0.3) is 0 Å². The van der Waals surface area contributed by atoms with Gasteiger partial charge in [-0.1, -0.05) is 12.1 Å².